The molecule has 0 aromatic carbocycles. The van der Waals surface area contributed by atoms with Crippen LogP contribution in [0.1, 0.15) is 129 Å². The molecule has 0 fully saturated rings. The van der Waals surface area contributed by atoms with Gasteiger partial charge in [0.05, 0.1) is 13.2 Å². The van der Waals surface area contributed by atoms with Gasteiger partial charge < -0.3 is 20.1 Å². The summed E-state index contributed by atoms with van der Waals surface area (Å²) in [6, 6.07) is 0. The molecule has 0 aliphatic rings. The molecule has 51 heavy (non-hydrogen) atoms. The molecule has 0 aromatic heterocycles. The summed E-state index contributed by atoms with van der Waals surface area (Å²) in [4.78, 5) is 34.7. The van der Waals surface area contributed by atoms with Crippen LogP contribution in [0.25, 0.3) is 0 Å². The summed E-state index contributed by atoms with van der Waals surface area (Å²) < 4.78 is 32.6. The van der Waals surface area contributed by atoms with Gasteiger partial charge in [0.1, 0.15) is 6.61 Å². The number of carbonyl (C=O) groups excluding carboxylic acids is 2. The molecule has 0 saturated carbocycles. The van der Waals surface area contributed by atoms with Gasteiger partial charge in [0.15, 0.2) is 6.10 Å². The maximum atomic E-state index is 12.5. The maximum absolute atomic E-state index is 12.5. The molecule has 9 nitrogen and oxygen atoms in total. The second-order valence-electron chi connectivity index (χ2n) is 12.1. The van der Waals surface area contributed by atoms with Crippen molar-refractivity contribution in [1.82, 2.24) is 0 Å². The molecule has 0 rings (SSSR count). The number of ether oxygens (including phenoxy) is 2. The first-order valence-corrected chi connectivity index (χ1v) is 20.6. The second kappa shape index (κ2) is 37.0. The highest BCUT2D eigenvalue weighted by Crippen LogP contribution is 2.43. The van der Waals surface area contributed by atoms with Crippen molar-refractivity contribution in [3.8, 4) is 0 Å². The normalized spacial score (nSPS) is 14.4. The lowest BCUT2D eigenvalue weighted by atomic mass is 10.1. The molecule has 0 radical (unpaired) electrons. The van der Waals surface area contributed by atoms with E-state index in [1.807, 2.05) is 6.08 Å². The number of unbranched alkanes of at least 4 members (excludes halogenated alkanes) is 7. The van der Waals surface area contributed by atoms with E-state index in [2.05, 4.69) is 92.8 Å². The van der Waals surface area contributed by atoms with E-state index < -0.39 is 32.5 Å². The Morgan fingerprint density at radius 1 is 0.608 bits per heavy atom. The largest absolute Gasteiger partial charge is 0.472 e. The van der Waals surface area contributed by atoms with Crippen LogP contribution < -0.4 is 5.73 Å². The molecular formula is C41H68NO8P. The lowest BCUT2D eigenvalue weighted by molar-refractivity contribution is -0.161. The van der Waals surface area contributed by atoms with Gasteiger partial charge in [-0.2, -0.15) is 0 Å². The number of allylic oxidation sites excluding steroid dienone is 14. The Hall–Kier alpha value is -2.81. The minimum absolute atomic E-state index is 0.0376. The van der Waals surface area contributed by atoms with Crippen LogP contribution in [0.2, 0.25) is 0 Å². The van der Waals surface area contributed by atoms with Gasteiger partial charge in [-0.25, -0.2) is 4.57 Å². The van der Waals surface area contributed by atoms with Gasteiger partial charge in [0, 0.05) is 19.4 Å². The summed E-state index contributed by atoms with van der Waals surface area (Å²) in [5.41, 5.74) is 5.33. The fraction of sp³-hybridized carbons (Fsp3) is 0.610. The fourth-order valence-electron chi connectivity index (χ4n) is 4.47. The second-order valence-corrected chi connectivity index (χ2v) is 13.5. The quantitative estimate of drug-likeness (QED) is 0.0287. The smallest absolute Gasteiger partial charge is 0.462 e. The van der Waals surface area contributed by atoms with Gasteiger partial charge in [-0.3, -0.25) is 18.6 Å². The van der Waals surface area contributed by atoms with Gasteiger partial charge in [-0.05, 0) is 77.0 Å². The molecule has 0 saturated heterocycles. The molecule has 0 bridgehead atoms. The van der Waals surface area contributed by atoms with E-state index in [1.54, 1.807) is 0 Å². The van der Waals surface area contributed by atoms with E-state index in [0.29, 0.717) is 19.3 Å². The summed E-state index contributed by atoms with van der Waals surface area (Å²) in [6.45, 7) is 3.43. The molecule has 0 aromatic rings. The standard InChI is InChI=1S/C41H68NO8P/c1-3-5-7-9-11-13-15-17-18-19-20-22-24-26-28-30-32-34-41(44)50-39(38-49-51(45,46)48-36-35-42)37-47-40(43)33-31-29-27-25-23-21-16-14-12-10-8-6-4-2/h5,7-8,10-11,13-14,16-18,20,22,26,28,39H,3-4,6,9,12,15,19,21,23-25,27,29-38,42H2,1-2H3,(H,45,46)/b7-5-,10-8-,13-11-,16-14-,18-17-,22-20-,28-26-. The average Bonchev–Trinajstić information content (AvgIpc) is 3.11. The van der Waals surface area contributed by atoms with Crippen LogP contribution >= 0.6 is 7.82 Å². The zero-order valence-corrected chi connectivity index (χ0v) is 32.4. The van der Waals surface area contributed by atoms with Crippen molar-refractivity contribution in [2.75, 3.05) is 26.4 Å². The predicted octanol–water partition coefficient (Wildman–Crippen LogP) is 10.5. The van der Waals surface area contributed by atoms with Crippen molar-refractivity contribution in [2.45, 2.75) is 136 Å². The van der Waals surface area contributed by atoms with Gasteiger partial charge in [-0.15, -0.1) is 0 Å². The van der Waals surface area contributed by atoms with Crippen molar-refractivity contribution >= 4 is 19.8 Å². The SMILES string of the molecule is CC/C=C\C/C=C\C/C=C\C/C=C\C/C=C\CCCC(=O)OC(COC(=O)CCCCCCC/C=C\C/C=C\CCC)COP(=O)(O)OCCN. The lowest BCUT2D eigenvalue weighted by Gasteiger charge is -2.19. The Bertz CT molecular complexity index is 1110. The molecule has 0 spiro atoms. The number of phosphoric ester groups is 1. The van der Waals surface area contributed by atoms with Gasteiger partial charge in [-0.1, -0.05) is 125 Å². The third kappa shape index (κ3) is 36.8. The number of rotatable bonds is 34. The van der Waals surface area contributed by atoms with E-state index in [0.717, 1.165) is 77.0 Å². The molecule has 2 atom stereocenters. The number of hydrogen-bond donors (Lipinski definition) is 2. The summed E-state index contributed by atoms with van der Waals surface area (Å²) >= 11 is 0. The number of nitrogens with two attached hydrogens (primary N) is 1. The highest BCUT2D eigenvalue weighted by atomic mass is 31.2. The zero-order valence-electron chi connectivity index (χ0n) is 31.5. The third-order valence-corrected chi connectivity index (χ3v) is 8.23. The predicted molar refractivity (Wildman–Crippen MR) is 210 cm³/mol. The lowest BCUT2D eigenvalue weighted by Crippen LogP contribution is -2.29. The van der Waals surface area contributed by atoms with Crippen LogP contribution in [0.15, 0.2) is 85.1 Å². The third-order valence-electron chi connectivity index (χ3n) is 7.25. The van der Waals surface area contributed by atoms with Crippen molar-refractivity contribution < 1.29 is 37.6 Å². The monoisotopic (exact) mass is 733 g/mol. The van der Waals surface area contributed by atoms with Gasteiger partial charge in [0.25, 0.3) is 0 Å². The Kier molecular flexibility index (Phi) is 34.9. The first-order chi connectivity index (χ1) is 24.8. The van der Waals surface area contributed by atoms with Gasteiger partial charge >= 0.3 is 19.8 Å². The van der Waals surface area contributed by atoms with E-state index in [1.165, 1.54) is 6.42 Å². The van der Waals surface area contributed by atoms with Crippen molar-refractivity contribution in [3.05, 3.63) is 85.1 Å². The van der Waals surface area contributed by atoms with E-state index in [-0.39, 0.29) is 32.6 Å². The number of hydrogen-bond acceptors (Lipinski definition) is 8. The van der Waals surface area contributed by atoms with E-state index in [9.17, 15) is 19.0 Å². The molecule has 2 unspecified atom stereocenters. The molecule has 0 aliphatic heterocycles. The molecule has 0 heterocycles. The average molecular weight is 734 g/mol. The van der Waals surface area contributed by atoms with Gasteiger partial charge in [0.2, 0.25) is 0 Å². The topological polar surface area (TPSA) is 134 Å². The Labute approximate surface area is 309 Å². The van der Waals surface area contributed by atoms with Crippen LogP contribution in [0, 0.1) is 0 Å². The minimum atomic E-state index is -4.40. The molecule has 0 aliphatic carbocycles. The van der Waals surface area contributed by atoms with E-state index in [4.69, 9.17) is 24.3 Å². The molecule has 3 N–H and O–H groups in total. The zero-order chi connectivity index (χ0) is 37.5. The van der Waals surface area contributed by atoms with E-state index >= 15 is 0 Å². The Morgan fingerprint density at radius 3 is 1.67 bits per heavy atom. The maximum Gasteiger partial charge on any atom is 0.472 e. The number of esters is 2. The van der Waals surface area contributed by atoms with Crippen LogP contribution in [0.5, 0.6) is 0 Å². The summed E-state index contributed by atoms with van der Waals surface area (Å²) in [7, 11) is -4.40. The number of phosphoric acid groups is 1. The summed E-state index contributed by atoms with van der Waals surface area (Å²) in [6.07, 6.45) is 44.8. The van der Waals surface area contributed by atoms with Crippen LogP contribution in [0.4, 0.5) is 0 Å². The highest BCUT2D eigenvalue weighted by Gasteiger charge is 2.25. The first-order valence-electron chi connectivity index (χ1n) is 19.1. The first kappa shape index (κ1) is 48.2. The Morgan fingerprint density at radius 2 is 1.10 bits per heavy atom. The molecule has 10 heteroatoms. The van der Waals surface area contributed by atoms with Crippen molar-refractivity contribution in [2.24, 2.45) is 5.73 Å². The fourth-order valence-corrected chi connectivity index (χ4v) is 5.24. The number of carbonyl (C=O) groups is 2. The van der Waals surface area contributed by atoms with Crippen LogP contribution in [-0.2, 0) is 32.7 Å². The molecule has 0 amide bonds. The molecular weight excluding hydrogens is 665 g/mol. The summed E-state index contributed by atoms with van der Waals surface area (Å²) in [5, 5.41) is 0. The van der Waals surface area contributed by atoms with Crippen molar-refractivity contribution in [1.29, 1.82) is 0 Å². The van der Waals surface area contributed by atoms with Crippen LogP contribution in [0.3, 0.4) is 0 Å². The van der Waals surface area contributed by atoms with Crippen molar-refractivity contribution in [3.63, 3.8) is 0 Å². The minimum Gasteiger partial charge on any atom is -0.462 e. The molecule has 290 valence electrons. The Balaban J connectivity index is 4.38. The van der Waals surface area contributed by atoms with Crippen LogP contribution in [-0.4, -0.2) is 49.3 Å². The summed E-state index contributed by atoms with van der Waals surface area (Å²) in [5.74, 6) is -0.925. The highest BCUT2D eigenvalue weighted by molar-refractivity contribution is 7.47.